The van der Waals surface area contributed by atoms with E-state index in [-0.39, 0.29) is 58.3 Å². The van der Waals surface area contributed by atoms with Gasteiger partial charge in [0, 0.05) is 24.6 Å². The SMILES string of the molecule is COC(=O)c1c(O)cc(O)c(Cl)c1CCCC(=O)Nc1cc(O)c(OC)cc1O. The van der Waals surface area contributed by atoms with Gasteiger partial charge in [0.25, 0.3) is 0 Å². The number of carbonyl (C=O) groups excluding carboxylic acids is 2. The summed E-state index contributed by atoms with van der Waals surface area (Å²) in [5.41, 5.74) is -0.0428. The Hall–Kier alpha value is -3.33. The second-order valence-electron chi connectivity index (χ2n) is 6.02. The number of ether oxygens (including phenoxy) is 2. The van der Waals surface area contributed by atoms with Crippen molar-refractivity contribution in [3.63, 3.8) is 0 Å². The number of aromatic hydroxyl groups is 4. The highest BCUT2D eigenvalue weighted by Gasteiger charge is 2.23. The van der Waals surface area contributed by atoms with Crippen molar-refractivity contribution < 1.29 is 39.5 Å². The van der Waals surface area contributed by atoms with Gasteiger partial charge in [0.1, 0.15) is 22.8 Å². The van der Waals surface area contributed by atoms with Gasteiger partial charge >= 0.3 is 5.97 Å². The first-order valence-corrected chi connectivity index (χ1v) is 8.78. The minimum atomic E-state index is -0.831. The third-order valence-electron chi connectivity index (χ3n) is 4.11. The number of amides is 1. The molecular formula is C19H20ClNO8. The van der Waals surface area contributed by atoms with Gasteiger partial charge in [-0.25, -0.2) is 4.79 Å². The number of nitrogens with one attached hydrogen (secondary N) is 1. The smallest absolute Gasteiger partial charge is 0.341 e. The number of benzene rings is 2. The maximum absolute atomic E-state index is 12.2. The van der Waals surface area contributed by atoms with Crippen molar-refractivity contribution in [2.24, 2.45) is 0 Å². The van der Waals surface area contributed by atoms with Gasteiger partial charge in [-0.1, -0.05) is 11.6 Å². The number of rotatable bonds is 7. The zero-order valence-electron chi connectivity index (χ0n) is 15.7. The van der Waals surface area contributed by atoms with Gasteiger partial charge in [-0.3, -0.25) is 4.79 Å². The highest BCUT2D eigenvalue weighted by atomic mass is 35.5. The molecule has 0 spiro atoms. The van der Waals surface area contributed by atoms with Crippen molar-refractivity contribution in [3.05, 3.63) is 34.3 Å². The van der Waals surface area contributed by atoms with Crippen LogP contribution in [0.15, 0.2) is 18.2 Å². The summed E-state index contributed by atoms with van der Waals surface area (Å²) in [5, 5.41) is 41.7. The molecule has 0 bridgehead atoms. The molecular weight excluding hydrogens is 406 g/mol. The van der Waals surface area contributed by atoms with Gasteiger partial charge < -0.3 is 35.2 Å². The number of hydrogen-bond donors (Lipinski definition) is 5. The molecule has 0 saturated carbocycles. The van der Waals surface area contributed by atoms with Gasteiger partial charge in [-0.05, 0) is 18.4 Å². The summed E-state index contributed by atoms with van der Waals surface area (Å²) in [6.07, 6.45) is 0.236. The number of halogens is 1. The number of hydrogen-bond acceptors (Lipinski definition) is 8. The van der Waals surface area contributed by atoms with Gasteiger partial charge in [-0.2, -0.15) is 0 Å². The van der Waals surface area contributed by atoms with Crippen LogP contribution in [0.5, 0.6) is 28.7 Å². The molecule has 156 valence electrons. The molecule has 29 heavy (non-hydrogen) atoms. The Labute approximate surface area is 171 Å². The number of carbonyl (C=O) groups is 2. The van der Waals surface area contributed by atoms with E-state index >= 15 is 0 Å². The average Bonchev–Trinajstić information content (AvgIpc) is 2.67. The lowest BCUT2D eigenvalue weighted by molar-refractivity contribution is -0.116. The maximum Gasteiger partial charge on any atom is 0.341 e. The van der Waals surface area contributed by atoms with E-state index in [0.29, 0.717) is 0 Å². The predicted octanol–water partition coefficient (Wildman–Crippen LogP) is 2.92. The zero-order valence-corrected chi connectivity index (χ0v) is 16.4. The van der Waals surface area contributed by atoms with Crippen molar-refractivity contribution in [3.8, 4) is 28.7 Å². The first kappa shape index (κ1) is 22.0. The summed E-state index contributed by atoms with van der Waals surface area (Å²) in [6, 6.07) is 3.23. The monoisotopic (exact) mass is 425 g/mol. The van der Waals surface area contributed by atoms with Gasteiger partial charge in [0.15, 0.2) is 11.5 Å². The van der Waals surface area contributed by atoms with E-state index in [0.717, 1.165) is 25.3 Å². The fourth-order valence-corrected chi connectivity index (χ4v) is 2.95. The van der Waals surface area contributed by atoms with Crippen LogP contribution in [-0.4, -0.2) is 46.5 Å². The van der Waals surface area contributed by atoms with Crippen molar-refractivity contribution in [2.45, 2.75) is 19.3 Å². The molecule has 5 N–H and O–H groups in total. The van der Waals surface area contributed by atoms with Crippen LogP contribution in [0.4, 0.5) is 5.69 Å². The Morgan fingerprint density at radius 3 is 2.31 bits per heavy atom. The quantitative estimate of drug-likeness (QED) is 0.258. The van der Waals surface area contributed by atoms with E-state index in [1.807, 2.05) is 0 Å². The van der Waals surface area contributed by atoms with Gasteiger partial charge in [-0.15, -0.1) is 0 Å². The van der Waals surface area contributed by atoms with E-state index in [2.05, 4.69) is 10.1 Å². The molecule has 9 nitrogen and oxygen atoms in total. The fraction of sp³-hybridized carbons (Fsp3) is 0.263. The summed E-state index contributed by atoms with van der Waals surface area (Å²) in [5.74, 6) is -2.71. The third-order valence-corrected chi connectivity index (χ3v) is 4.53. The van der Waals surface area contributed by atoms with Crippen LogP contribution >= 0.6 is 11.6 Å². The third kappa shape index (κ3) is 4.94. The number of methoxy groups -OCH3 is 2. The first-order chi connectivity index (χ1) is 13.7. The second kappa shape index (κ2) is 9.24. The van der Waals surface area contributed by atoms with E-state index in [4.69, 9.17) is 16.3 Å². The predicted molar refractivity (Wildman–Crippen MR) is 104 cm³/mol. The normalized spacial score (nSPS) is 10.4. The molecule has 2 aromatic carbocycles. The molecule has 0 aliphatic heterocycles. The highest BCUT2D eigenvalue weighted by Crippen LogP contribution is 2.38. The summed E-state index contributed by atoms with van der Waals surface area (Å²) in [6.45, 7) is 0. The van der Waals surface area contributed by atoms with Crippen LogP contribution in [-0.2, 0) is 16.0 Å². The lowest BCUT2D eigenvalue weighted by atomic mass is 10.00. The van der Waals surface area contributed by atoms with Crippen LogP contribution in [0.25, 0.3) is 0 Å². The molecule has 0 atom stereocenters. The molecule has 0 unspecified atom stereocenters. The highest BCUT2D eigenvalue weighted by molar-refractivity contribution is 6.33. The molecule has 2 aromatic rings. The largest absolute Gasteiger partial charge is 0.507 e. The van der Waals surface area contributed by atoms with Crippen LogP contribution in [0.3, 0.4) is 0 Å². The Balaban J connectivity index is 2.10. The Kier molecular flexibility index (Phi) is 7.00. The minimum Gasteiger partial charge on any atom is -0.507 e. The summed E-state index contributed by atoms with van der Waals surface area (Å²) in [7, 11) is 2.45. The van der Waals surface area contributed by atoms with Crippen LogP contribution < -0.4 is 10.1 Å². The molecule has 0 aromatic heterocycles. The Bertz CT molecular complexity index is 945. The standard InChI is InChI=1S/C19H20ClNO8/c1-28-15-8-11(22)10(6-12(15)23)21-16(26)5-3-4-9-17(19(27)29-2)13(24)7-14(25)18(9)20/h6-8,22-25H,3-5H2,1-2H3,(H,21,26). The number of phenols is 4. The molecule has 2 rings (SSSR count). The summed E-state index contributed by atoms with van der Waals surface area (Å²) in [4.78, 5) is 24.1. The molecule has 0 heterocycles. The van der Waals surface area contributed by atoms with Crippen molar-refractivity contribution in [2.75, 3.05) is 19.5 Å². The number of phenolic OH excluding ortho intramolecular Hbond substituents is 4. The minimum absolute atomic E-state index is 0.00316. The van der Waals surface area contributed by atoms with E-state index in [1.165, 1.54) is 7.11 Å². The molecule has 0 aliphatic carbocycles. The molecule has 0 radical (unpaired) electrons. The van der Waals surface area contributed by atoms with E-state index < -0.39 is 23.4 Å². The Morgan fingerprint density at radius 1 is 1.00 bits per heavy atom. The topological polar surface area (TPSA) is 146 Å². The van der Waals surface area contributed by atoms with Crippen LogP contribution in [0.2, 0.25) is 5.02 Å². The van der Waals surface area contributed by atoms with Crippen molar-refractivity contribution >= 4 is 29.2 Å². The second-order valence-corrected chi connectivity index (χ2v) is 6.39. The number of esters is 1. The Morgan fingerprint density at radius 2 is 1.69 bits per heavy atom. The van der Waals surface area contributed by atoms with E-state index in [1.54, 1.807) is 0 Å². The summed E-state index contributed by atoms with van der Waals surface area (Å²) < 4.78 is 9.48. The average molecular weight is 426 g/mol. The first-order valence-electron chi connectivity index (χ1n) is 8.41. The molecule has 1 amide bonds. The van der Waals surface area contributed by atoms with Crippen LogP contribution in [0.1, 0.15) is 28.8 Å². The molecule has 10 heteroatoms. The molecule has 0 aliphatic rings. The molecule has 0 saturated heterocycles. The number of anilines is 1. The lowest BCUT2D eigenvalue weighted by Gasteiger charge is -2.13. The fourth-order valence-electron chi connectivity index (χ4n) is 2.71. The zero-order chi connectivity index (χ0) is 21.7. The van der Waals surface area contributed by atoms with Crippen LogP contribution in [0, 0.1) is 0 Å². The summed E-state index contributed by atoms with van der Waals surface area (Å²) >= 11 is 6.04. The van der Waals surface area contributed by atoms with Crippen molar-refractivity contribution in [1.82, 2.24) is 0 Å². The van der Waals surface area contributed by atoms with E-state index in [9.17, 15) is 30.0 Å². The van der Waals surface area contributed by atoms with Crippen molar-refractivity contribution in [1.29, 1.82) is 0 Å². The van der Waals surface area contributed by atoms with Gasteiger partial charge in [0.05, 0.1) is 24.9 Å². The lowest BCUT2D eigenvalue weighted by Crippen LogP contribution is -2.13. The molecule has 0 fully saturated rings. The maximum atomic E-state index is 12.2. The van der Waals surface area contributed by atoms with Gasteiger partial charge in [0.2, 0.25) is 5.91 Å².